The van der Waals surface area contributed by atoms with E-state index in [4.69, 9.17) is 4.98 Å². The minimum Gasteiger partial charge on any atom is -0.336 e. The summed E-state index contributed by atoms with van der Waals surface area (Å²) in [4.78, 5) is 32.8. The monoisotopic (exact) mass is 405 g/mol. The van der Waals surface area contributed by atoms with Gasteiger partial charge in [-0.15, -0.1) is 0 Å². The van der Waals surface area contributed by atoms with Gasteiger partial charge in [-0.05, 0) is 51.0 Å². The minimum absolute atomic E-state index is 0.0746. The van der Waals surface area contributed by atoms with E-state index in [-0.39, 0.29) is 17.5 Å². The highest BCUT2D eigenvalue weighted by Crippen LogP contribution is 2.24. The summed E-state index contributed by atoms with van der Waals surface area (Å²) >= 11 is 0. The smallest absolute Gasteiger partial charge is 0.266 e. The fourth-order valence-electron chi connectivity index (χ4n) is 3.81. The normalized spacial score (nSPS) is 12.2. The third-order valence-electron chi connectivity index (χ3n) is 5.74. The van der Waals surface area contributed by atoms with E-state index in [9.17, 15) is 9.59 Å². The van der Waals surface area contributed by atoms with Gasteiger partial charge in [-0.3, -0.25) is 14.2 Å². The second-order valence-corrected chi connectivity index (χ2v) is 8.06. The molecule has 0 aliphatic heterocycles. The SMILES string of the molecule is CCCCCC(=O)N(C)C(C)c1nc2ccccc2c(=O)n1-c1ccc(C)cc1C. The lowest BCUT2D eigenvalue weighted by Gasteiger charge is -2.27. The van der Waals surface area contributed by atoms with Gasteiger partial charge in [-0.25, -0.2) is 4.98 Å². The number of aryl methyl sites for hydroxylation is 2. The molecule has 2 aromatic carbocycles. The van der Waals surface area contributed by atoms with Crippen LogP contribution in [0.5, 0.6) is 0 Å². The first-order valence-corrected chi connectivity index (χ1v) is 10.7. The summed E-state index contributed by atoms with van der Waals surface area (Å²) in [6.07, 6.45) is 3.50. The van der Waals surface area contributed by atoms with Crippen molar-refractivity contribution in [2.75, 3.05) is 7.05 Å². The van der Waals surface area contributed by atoms with Gasteiger partial charge in [-0.1, -0.05) is 49.6 Å². The molecule has 0 N–H and O–H groups in total. The van der Waals surface area contributed by atoms with Crippen LogP contribution in [0.25, 0.3) is 16.6 Å². The summed E-state index contributed by atoms with van der Waals surface area (Å²) < 4.78 is 1.68. The molecule has 0 bridgehead atoms. The standard InChI is InChI=1S/C25H31N3O2/c1-6-7-8-13-23(29)27(5)19(4)24-26-21-12-10-9-11-20(21)25(30)28(24)22-15-14-17(2)16-18(22)3/h9-12,14-16,19H,6-8,13H2,1-5H3. The average molecular weight is 406 g/mol. The number of unbranched alkanes of at least 4 members (excludes halogenated alkanes) is 2. The zero-order chi connectivity index (χ0) is 21.8. The number of carbonyl (C=O) groups excluding carboxylic acids is 1. The molecule has 0 aliphatic carbocycles. The number of para-hydroxylation sites is 1. The molecular formula is C25H31N3O2. The first kappa shape index (κ1) is 21.8. The Kier molecular flexibility index (Phi) is 6.70. The van der Waals surface area contributed by atoms with Crippen molar-refractivity contribution in [2.45, 2.75) is 59.4 Å². The fourth-order valence-corrected chi connectivity index (χ4v) is 3.81. The van der Waals surface area contributed by atoms with Gasteiger partial charge in [-0.2, -0.15) is 0 Å². The van der Waals surface area contributed by atoms with Gasteiger partial charge in [0, 0.05) is 13.5 Å². The molecular weight excluding hydrogens is 374 g/mol. The van der Waals surface area contributed by atoms with Crippen LogP contribution in [0.2, 0.25) is 0 Å². The zero-order valence-corrected chi connectivity index (χ0v) is 18.6. The van der Waals surface area contributed by atoms with Crippen LogP contribution in [-0.4, -0.2) is 27.4 Å². The van der Waals surface area contributed by atoms with Crippen LogP contribution < -0.4 is 5.56 Å². The van der Waals surface area contributed by atoms with Crippen molar-refractivity contribution >= 4 is 16.8 Å². The third kappa shape index (κ3) is 4.30. The Labute approximate surface area is 178 Å². The van der Waals surface area contributed by atoms with E-state index < -0.39 is 0 Å². The van der Waals surface area contributed by atoms with Crippen LogP contribution in [0.3, 0.4) is 0 Å². The molecule has 3 rings (SSSR count). The molecule has 1 aromatic heterocycles. The van der Waals surface area contributed by atoms with E-state index in [1.807, 2.05) is 51.1 Å². The van der Waals surface area contributed by atoms with Crippen LogP contribution in [0, 0.1) is 13.8 Å². The molecule has 3 aromatic rings. The molecule has 1 atom stereocenters. The van der Waals surface area contributed by atoms with E-state index in [0.29, 0.717) is 23.1 Å². The minimum atomic E-state index is -0.336. The van der Waals surface area contributed by atoms with Crippen molar-refractivity contribution in [2.24, 2.45) is 0 Å². The molecule has 158 valence electrons. The summed E-state index contributed by atoms with van der Waals surface area (Å²) in [6.45, 7) is 8.09. The topological polar surface area (TPSA) is 55.2 Å². The second-order valence-electron chi connectivity index (χ2n) is 8.06. The first-order chi connectivity index (χ1) is 14.3. The van der Waals surface area contributed by atoms with Gasteiger partial charge in [0.05, 0.1) is 22.6 Å². The quantitative estimate of drug-likeness (QED) is 0.514. The number of nitrogens with zero attached hydrogens (tertiary/aromatic N) is 3. The van der Waals surface area contributed by atoms with Crippen molar-refractivity contribution in [1.29, 1.82) is 0 Å². The lowest BCUT2D eigenvalue weighted by molar-refractivity contribution is -0.132. The largest absolute Gasteiger partial charge is 0.336 e. The van der Waals surface area contributed by atoms with Crippen molar-refractivity contribution in [3.8, 4) is 5.69 Å². The predicted molar refractivity (Wildman–Crippen MR) is 122 cm³/mol. The lowest BCUT2D eigenvalue weighted by atomic mass is 10.1. The summed E-state index contributed by atoms with van der Waals surface area (Å²) in [5, 5.41) is 0.574. The number of aromatic nitrogens is 2. The highest BCUT2D eigenvalue weighted by molar-refractivity contribution is 5.79. The van der Waals surface area contributed by atoms with Gasteiger partial charge in [0.25, 0.3) is 5.56 Å². The van der Waals surface area contributed by atoms with E-state index in [0.717, 1.165) is 36.1 Å². The molecule has 1 unspecified atom stereocenters. The highest BCUT2D eigenvalue weighted by Gasteiger charge is 2.24. The molecule has 30 heavy (non-hydrogen) atoms. The molecule has 0 fully saturated rings. The van der Waals surface area contributed by atoms with Gasteiger partial charge < -0.3 is 4.90 Å². The van der Waals surface area contributed by atoms with E-state index in [1.165, 1.54) is 0 Å². The molecule has 0 radical (unpaired) electrons. The van der Waals surface area contributed by atoms with Crippen molar-refractivity contribution in [3.63, 3.8) is 0 Å². The van der Waals surface area contributed by atoms with Crippen molar-refractivity contribution in [3.05, 3.63) is 69.8 Å². The van der Waals surface area contributed by atoms with Crippen LogP contribution in [0.4, 0.5) is 0 Å². The van der Waals surface area contributed by atoms with E-state index in [2.05, 4.69) is 13.0 Å². The maximum atomic E-state index is 13.5. The van der Waals surface area contributed by atoms with E-state index in [1.54, 1.807) is 22.6 Å². The molecule has 5 nitrogen and oxygen atoms in total. The number of hydrogen-bond acceptors (Lipinski definition) is 3. The van der Waals surface area contributed by atoms with Gasteiger partial charge in [0.1, 0.15) is 5.82 Å². The van der Waals surface area contributed by atoms with Crippen molar-refractivity contribution in [1.82, 2.24) is 14.5 Å². The predicted octanol–water partition coefficient (Wildman–Crippen LogP) is 5.10. The Balaban J connectivity index is 2.15. The van der Waals surface area contributed by atoms with E-state index >= 15 is 0 Å². The van der Waals surface area contributed by atoms with Gasteiger partial charge in [0.15, 0.2) is 0 Å². The Bertz CT molecular complexity index is 1120. The molecule has 1 heterocycles. The molecule has 0 spiro atoms. The highest BCUT2D eigenvalue weighted by atomic mass is 16.2. The van der Waals surface area contributed by atoms with Crippen LogP contribution in [-0.2, 0) is 4.79 Å². The average Bonchev–Trinajstić information content (AvgIpc) is 2.73. The van der Waals surface area contributed by atoms with Crippen LogP contribution >= 0.6 is 0 Å². The van der Waals surface area contributed by atoms with Gasteiger partial charge in [0.2, 0.25) is 5.91 Å². The maximum Gasteiger partial charge on any atom is 0.266 e. The lowest BCUT2D eigenvalue weighted by Crippen LogP contribution is -2.35. The summed E-state index contributed by atoms with van der Waals surface area (Å²) in [7, 11) is 1.80. The Morgan fingerprint density at radius 1 is 1.13 bits per heavy atom. The maximum absolute atomic E-state index is 13.5. The molecule has 0 aliphatic rings. The number of benzene rings is 2. The molecule has 0 saturated heterocycles. The Morgan fingerprint density at radius 3 is 2.57 bits per heavy atom. The van der Waals surface area contributed by atoms with Crippen molar-refractivity contribution < 1.29 is 4.79 Å². The second kappa shape index (κ2) is 9.24. The number of amides is 1. The third-order valence-corrected chi connectivity index (χ3v) is 5.74. The fraction of sp³-hybridized carbons (Fsp3) is 0.400. The number of carbonyl (C=O) groups is 1. The number of hydrogen-bond donors (Lipinski definition) is 0. The molecule has 0 saturated carbocycles. The molecule has 5 heteroatoms. The summed E-state index contributed by atoms with van der Waals surface area (Å²) in [5.74, 6) is 0.655. The zero-order valence-electron chi connectivity index (χ0n) is 18.6. The number of fused-ring (bicyclic) bond motifs is 1. The molecule has 1 amide bonds. The first-order valence-electron chi connectivity index (χ1n) is 10.7. The number of rotatable bonds is 7. The van der Waals surface area contributed by atoms with Crippen LogP contribution in [0.15, 0.2) is 47.3 Å². The van der Waals surface area contributed by atoms with Crippen LogP contribution in [0.1, 0.15) is 62.5 Å². The summed E-state index contributed by atoms with van der Waals surface area (Å²) in [6, 6.07) is 13.1. The Hall–Kier alpha value is -2.95. The van der Waals surface area contributed by atoms with Gasteiger partial charge >= 0.3 is 0 Å². The Morgan fingerprint density at radius 2 is 1.87 bits per heavy atom. The summed E-state index contributed by atoms with van der Waals surface area (Å²) in [5.41, 5.74) is 3.48.